The SMILES string of the molecule is CCCCC(CN)NC(=O)c1cnc2sccn2c1=O.Cl. The molecule has 1 amide bonds. The van der Waals surface area contributed by atoms with Gasteiger partial charge >= 0.3 is 0 Å². The van der Waals surface area contributed by atoms with E-state index in [1.165, 1.54) is 21.9 Å². The van der Waals surface area contributed by atoms with Gasteiger partial charge in [-0.1, -0.05) is 19.8 Å². The topological polar surface area (TPSA) is 89.5 Å². The van der Waals surface area contributed by atoms with Crippen molar-refractivity contribution in [2.45, 2.75) is 32.2 Å². The number of hydrogen-bond donors (Lipinski definition) is 2. The zero-order valence-corrected chi connectivity index (χ0v) is 13.4. The Bertz CT molecular complexity index is 655. The third-order valence-electron chi connectivity index (χ3n) is 3.11. The second-order valence-electron chi connectivity index (χ2n) is 4.58. The lowest BCUT2D eigenvalue weighted by atomic mass is 10.1. The highest BCUT2D eigenvalue weighted by Gasteiger charge is 2.16. The van der Waals surface area contributed by atoms with Gasteiger partial charge in [-0.3, -0.25) is 14.0 Å². The molecule has 0 aliphatic heterocycles. The number of aromatic nitrogens is 2. The minimum absolute atomic E-state index is 0. The highest BCUT2D eigenvalue weighted by atomic mass is 35.5. The number of amides is 1. The fourth-order valence-corrected chi connectivity index (χ4v) is 2.62. The second kappa shape index (κ2) is 8.11. The number of fused-ring (bicyclic) bond motifs is 1. The van der Waals surface area contributed by atoms with Gasteiger partial charge in [0.2, 0.25) is 0 Å². The van der Waals surface area contributed by atoms with Gasteiger partial charge < -0.3 is 11.1 Å². The molecule has 2 heterocycles. The predicted octanol–water partition coefficient (Wildman–Crippen LogP) is 1.43. The van der Waals surface area contributed by atoms with Crippen LogP contribution in [0.15, 0.2) is 22.6 Å². The molecule has 0 aromatic carbocycles. The van der Waals surface area contributed by atoms with Crippen LogP contribution in [0.2, 0.25) is 0 Å². The van der Waals surface area contributed by atoms with Crippen LogP contribution < -0.4 is 16.6 Å². The van der Waals surface area contributed by atoms with Crippen molar-refractivity contribution < 1.29 is 4.79 Å². The Labute approximate surface area is 132 Å². The summed E-state index contributed by atoms with van der Waals surface area (Å²) < 4.78 is 1.38. The Balaban J connectivity index is 0.00000220. The first kappa shape index (κ1) is 17.6. The lowest BCUT2D eigenvalue weighted by Crippen LogP contribution is -2.42. The Morgan fingerprint density at radius 1 is 1.57 bits per heavy atom. The third kappa shape index (κ3) is 4.03. The van der Waals surface area contributed by atoms with E-state index in [0.29, 0.717) is 11.5 Å². The smallest absolute Gasteiger partial charge is 0.271 e. The third-order valence-corrected chi connectivity index (χ3v) is 3.88. The van der Waals surface area contributed by atoms with Crippen LogP contribution in [-0.4, -0.2) is 27.9 Å². The molecule has 2 aromatic heterocycles. The summed E-state index contributed by atoms with van der Waals surface area (Å²) in [5.41, 5.74) is 5.34. The monoisotopic (exact) mass is 330 g/mol. The van der Waals surface area contributed by atoms with Crippen LogP contribution in [-0.2, 0) is 0 Å². The summed E-state index contributed by atoms with van der Waals surface area (Å²) in [6.07, 6.45) is 5.79. The molecule has 0 saturated heterocycles. The summed E-state index contributed by atoms with van der Waals surface area (Å²) in [6, 6.07) is -0.106. The number of carbonyl (C=O) groups is 1. The minimum Gasteiger partial charge on any atom is -0.348 e. The Morgan fingerprint density at radius 3 is 3.00 bits per heavy atom. The first-order chi connectivity index (χ1) is 9.67. The van der Waals surface area contributed by atoms with E-state index in [-0.39, 0.29) is 29.6 Å². The first-order valence-electron chi connectivity index (χ1n) is 6.63. The largest absolute Gasteiger partial charge is 0.348 e. The highest BCUT2D eigenvalue weighted by Crippen LogP contribution is 2.06. The van der Waals surface area contributed by atoms with Crippen LogP contribution in [0.1, 0.15) is 36.5 Å². The van der Waals surface area contributed by atoms with Gasteiger partial charge in [-0.2, -0.15) is 0 Å². The summed E-state index contributed by atoms with van der Waals surface area (Å²) in [6.45, 7) is 2.44. The van der Waals surface area contributed by atoms with Gasteiger partial charge in [0, 0.05) is 30.4 Å². The molecule has 116 valence electrons. The van der Waals surface area contributed by atoms with E-state index in [4.69, 9.17) is 5.73 Å². The number of nitrogens with one attached hydrogen (secondary N) is 1. The van der Waals surface area contributed by atoms with E-state index in [9.17, 15) is 9.59 Å². The summed E-state index contributed by atoms with van der Waals surface area (Å²) in [7, 11) is 0. The molecule has 2 aromatic rings. The molecule has 6 nitrogen and oxygen atoms in total. The minimum atomic E-state index is -0.408. The number of nitrogens with two attached hydrogens (primary N) is 1. The van der Waals surface area contributed by atoms with E-state index in [2.05, 4.69) is 17.2 Å². The zero-order chi connectivity index (χ0) is 14.5. The molecule has 1 atom stereocenters. The molecule has 0 spiro atoms. The number of carbonyl (C=O) groups excluding carboxylic acids is 1. The maximum atomic E-state index is 12.2. The van der Waals surface area contributed by atoms with Crippen LogP contribution in [0.5, 0.6) is 0 Å². The highest BCUT2D eigenvalue weighted by molar-refractivity contribution is 7.15. The second-order valence-corrected chi connectivity index (χ2v) is 5.45. The normalized spacial score (nSPS) is 11.9. The Morgan fingerprint density at radius 2 is 2.33 bits per heavy atom. The van der Waals surface area contributed by atoms with Gasteiger partial charge in [0.25, 0.3) is 11.5 Å². The Kier molecular flexibility index (Phi) is 6.80. The van der Waals surface area contributed by atoms with Crippen molar-refractivity contribution >= 4 is 34.6 Å². The van der Waals surface area contributed by atoms with Gasteiger partial charge in [-0.25, -0.2) is 4.98 Å². The fourth-order valence-electron chi connectivity index (χ4n) is 1.94. The summed E-state index contributed by atoms with van der Waals surface area (Å²) in [5.74, 6) is -0.408. The van der Waals surface area contributed by atoms with E-state index < -0.39 is 5.91 Å². The number of halogens is 1. The number of hydrogen-bond acceptors (Lipinski definition) is 5. The molecule has 8 heteroatoms. The molecule has 1 unspecified atom stereocenters. The quantitative estimate of drug-likeness (QED) is 0.838. The van der Waals surface area contributed by atoms with Crippen molar-refractivity contribution in [3.63, 3.8) is 0 Å². The van der Waals surface area contributed by atoms with Gasteiger partial charge in [0.05, 0.1) is 0 Å². The maximum Gasteiger partial charge on any atom is 0.271 e. The molecule has 0 radical (unpaired) electrons. The molecule has 3 N–H and O–H groups in total. The molecular weight excluding hydrogens is 312 g/mol. The number of rotatable bonds is 6. The average Bonchev–Trinajstić information content (AvgIpc) is 2.93. The first-order valence-corrected chi connectivity index (χ1v) is 7.51. The molecule has 2 rings (SSSR count). The standard InChI is InChI=1S/C13H18N4O2S.ClH/c1-2-3-4-9(7-14)16-11(18)10-8-15-13-17(12(10)19)5-6-20-13;/h5-6,8-9H,2-4,7,14H2,1H3,(H,16,18);1H. The molecule has 0 saturated carbocycles. The lowest BCUT2D eigenvalue weighted by molar-refractivity contribution is 0.0933. The predicted molar refractivity (Wildman–Crippen MR) is 86.4 cm³/mol. The fraction of sp³-hybridized carbons (Fsp3) is 0.462. The molecule has 0 aliphatic carbocycles. The Hall–Kier alpha value is -1.44. The van der Waals surface area contributed by atoms with Gasteiger partial charge in [0.1, 0.15) is 5.56 Å². The van der Waals surface area contributed by atoms with Crippen LogP contribution >= 0.6 is 23.7 Å². The van der Waals surface area contributed by atoms with Crippen LogP contribution in [0.25, 0.3) is 4.96 Å². The molecule has 0 aliphatic rings. The number of nitrogens with zero attached hydrogens (tertiary/aromatic N) is 2. The van der Waals surface area contributed by atoms with Crippen molar-refractivity contribution in [1.29, 1.82) is 0 Å². The lowest BCUT2D eigenvalue weighted by Gasteiger charge is -2.16. The van der Waals surface area contributed by atoms with Gasteiger partial charge in [-0.15, -0.1) is 23.7 Å². The van der Waals surface area contributed by atoms with Crippen molar-refractivity contribution in [1.82, 2.24) is 14.7 Å². The van der Waals surface area contributed by atoms with E-state index >= 15 is 0 Å². The maximum absolute atomic E-state index is 12.2. The van der Waals surface area contributed by atoms with Crippen LogP contribution in [0, 0.1) is 0 Å². The molecule has 21 heavy (non-hydrogen) atoms. The molecule has 0 bridgehead atoms. The van der Waals surface area contributed by atoms with Crippen molar-refractivity contribution in [3.8, 4) is 0 Å². The van der Waals surface area contributed by atoms with Gasteiger partial charge in [-0.05, 0) is 6.42 Å². The van der Waals surface area contributed by atoms with E-state index in [1.54, 1.807) is 11.6 Å². The van der Waals surface area contributed by atoms with Crippen molar-refractivity contribution in [2.24, 2.45) is 5.73 Å². The summed E-state index contributed by atoms with van der Waals surface area (Å²) >= 11 is 1.35. The van der Waals surface area contributed by atoms with Crippen molar-refractivity contribution in [2.75, 3.05) is 6.54 Å². The zero-order valence-electron chi connectivity index (χ0n) is 11.7. The number of unbranched alkanes of at least 4 members (excludes halogenated alkanes) is 1. The average molecular weight is 331 g/mol. The van der Waals surface area contributed by atoms with E-state index in [1.807, 2.05) is 0 Å². The number of thiazole rings is 1. The van der Waals surface area contributed by atoms with Crippen LogP contribution in [0.3, 0.4) is 0 Å². The van der Waals surface area contributed by atoms with Crippen molar-refractivity contribution in [3.05, 3.63) is 33.7 Å². The summed E-state index contributed by atoms with van der Waals surface area (Å²) in [5, 5.41) is 4.56. The van der Waals surface area contributed by atoms with Crippen LogP contribution in [0.4, 0.5) is 0 Å². The molecule has 0 fully saturated rings. The van der Waals surface area contributed by atoms with E-state index in [0.717, 1.165) is 19.3 Å². The summed E-state index contributed by atoms with van der Waals surface area (Å²) in [4.78, 5) is 29.0. The van der Waals surface area contributed by atoms with Gasteiger partial charge in [0.15, 0.2) is 4.96 Å². The molecular formula is C13H19ClN4O2S.